The molecule has 2 aliphatic heterocycles. The fraction of sp³-hybridized carbons (Fsp3) is 0.409. The molecule has 2 aromatic rings. The van der Waals surface area contributed by atoms with E-state index in [0.29, 0.717) is 23.2 Å². The van der Waals surface area contributed by atoms with E-state index in [1.54, 1.807) is 19.3 Å². The smallest absolute Gasteiger partial charge is 0.150 e. The SMILES string of the molecule is CNCC(O)COc1cc(Cl)cc(C2=CC(c3cc[nH]n3)=NC3C(C(C)C)C=NN23)c1. The zero-order chi connectivity index (χ0) is 22.0. The molecule has 0 saturated carbocycles. The number of benzene rings is 1. The summed E-state index contributed by atoms with van der Waals surface area (Å²) >= 11 is 6.42. The van der Waals surface area contributed by atoms with Crippen LogP contribution in [0.3, 0.4) is 0 Å². The van der Waals surface area contributed by atoms with E-state index in [-0.39, 0.29) is 18.7 Å². The highest BCUT2D eigenvalue weighted by molar-refractivity contribution is 6.31. The molecule has 3 unspecified atom stereocenters. The predicted molar refractivity (Wildman–Crippen MR) is 122 cm³/mol. The normalized spacial score (nSPS) is 21.2. The number of aromatic amines is 1. The van der Waals surface area contributed by atoms with Crippen LogP contribution in [0.25, 0.3) is 5.70 Å². The van der Waals surface area contributed by atoms with Crippen molar-refractivity contribution in [2.75, 3.05) is 20.2 Å². The number of aliphatic hydroxyl groups is 1. The first-order chi connectivity index (χ1) is 15.0. The number of nitrogens with one attached hydrogen (secondary N) is 2. The molecule has 4 rings (SSSR count). The Kier molecular flexibility index (Phi) is 6.41. The Balaban J connectivity index is 1.68. The number of aromatic nitrogens is 2. The number of hydrogen-bond acceptors (Lipinski definition) is 7. The van der Waals surface area contributed by atoms with Gasteiger partial charge in [-0.25, -0.2) is 5.01 Å². The van der Waals surface area contributed by atoms with Crippen LogP contribution in [0.5, 0.6) is 5.75 Å². The molecule has 1 aromatic carbocycles. The van der Waals surface area contributed by atoms with Crippen LogP contribution < -0.4 is 10.1 Å². The van der Waals surface area contributed by atoms with Crippen LogP contribution in [0, 0.1) is 11.8 Å². The number of nitrogens with zero attached hydrogens (tertiary/aromatic N) is 4. The van der Waals surface area contributed by atoms with Gasteiger partial charge < -0.3 is 15.2 Å². The number of fused-ring (bicyclic) bond motifs is 1. The molecule has 0 amide bonds. The van der Waals surface area contributed by atoms with Gasteiger partial charge >= 0.3 is 0 Å². The molecule has 3 atom stereocenters. The summed E-state index contributed by atoms with van der Waals surface area (Å²) in [7, 11) is 1.78. The average molecular weight is 443 g/mol. The van der Waals surface area contributed by atoms with Gasteiger partial charge in [-0.1, -0.05) is 25.4 Å². The maximum atomic E-state index is 9.96. The fourth-order valence-electron chi connectivity index (χ4n) is 3.73. The number of hydrazone groups is 1. The largest absolute Gasteiger partial charge is 0.491 e. The first-order valence-corrected chi connectivity index (χ1v) is 10.7. The van der Waals surface area contributed by atoms with E-state index < -0.39 is 6.10 Å². The fourth-order valence-corrected chi connectivity index (χ4v) is 3.96. The molecule has 164 valence electrons. The van der Waals surface area contributed by atoms with Gasteiger partial charge in [0, 0.05) is 35.5 Å². The molecule has 9 heteroatoms. The number of H-pyrrole nitrogens is 1. The van der Waals surface area contributed by atoms with Crippen molar-refractivity contribution in [3.63, 3.8) is 0 Å². The third-order valence-electron chi connectivity index (χ3n) is 5.33. The number of halogens is 1. The Hall–Kier alpha value is -2.68. The van der Waals surface area contributed by atoms with Crippen molar-refractivity contribution in [3.8, 4) is 5.75 Å². The lowest BCUT2D eigenvalue weighted by molar-refractivity contribution is 0.108. The van der Waals surface area contributed by atoms with Gasteiger partial charge in [0.15, 0.2) is 6.17 Å². The minimum Gasteiger partial charge on any atom is -0.491 e. The summed E-state index contributed by atoms with van der Waals surface area (Å²) in [4.78, 5) is 4.94. The number of aliphatic hydroxyl groups excluding tert-OH is 1. The Bertz CT molecular complexity index is 1000. The summed E-state index contributed by atoms with van der Waals surface area (Å²) in [6, 6.07) is 7.43. The molecule has 0 saturated heterocycles. The van der Waals surface area contributed by atoms with Gasteiger partial charge in [-0.05, 0) is 43.3 Å². The van der Waals surface area contributed by atoms with Crippen molar-refractivity contribution in [3.05, 3.63) is 52.8 Å². The number of ether oxygens (including phenoxy) is 1. The second kappa shape index (κ2) is 9.21. The van der Waals surface area contributed by atoms with Gasteiger partial charge in [0.05, 0.1) is 11.4 Å². The summed E-state index contributed by atoms with van der Waals surface area (Å²) in [5.74, 6) is 1.15. The number of hydrogen-bond donors (Lipinski definition) is 3. The Morgan fingerprint density at radius 3 is 2.87 bits per heavy atom. The number of aliphatic imine (C=N–C) groups is 1. The topological polar surface area (TPSA) is 98.1 Å². The summed E-state index contributed by atoms with van der Waals surface area (Å²) in [6.07, 6.45) is 4.96. The van der Waals surface area contributed by atoms with E-state index in [1.807, 2.05) is 35.5 Å². The van der Waals surface area contributed by atoms with Crippen LogP contribution in [0.2, 0.25) is 5.02 Å². The van der Waals surface area contributed by atoms with Crippen molar-refractivity contribution in [1.82, 2.24) is 20.5 Å². The number of rotatable bonds is 8. The lowest BCUT2D eigenvalue weighted by Gasteiger charge is -2.32. The molecule has 3 heterocycles. The minimum absolute atomic E-state index is 0.146. The summed E-state index contributed by atoms with van der Waals surface area (Å²) in [5, 5.41) is 27.2. The molecule has 1 aromatic heterocycles. The third-order valence-corrected chi connectivity index (χ3v) is 5.55. The van der Waals surface area contributed by atoms with Gasteiger partial charge in [-0.3, -0.25) is 10.1 Å². The molecule has 3 N–H and O–H groups in total. The van der Waals surface area contributed by atoms with Crippen LogP contribution in [0.15, 0.2) is 46.6 Å². The van der Waals surface area contributed by atoms with E-state index in [4.69, 9.17) is 21.3 Å². The second-order valence-electron chi connectivity index (χ2n) is 8.05. The zero-order valence-electron chi connectivity index (χ0n) is 17.8. The van der Waals surface area contributed by atoms with Crippen LogP contribution in [-0.4, -0.2) is 64.7 Å². The zero-order valence-corrected chi connectivity index (χ0v) is 18.5. The molecule has 0 aliphatic carbocycles. The van der Waals surface area contributed by atoms with E-state index >= 15 is 0 Å². The van der Waals surface area contributed by atoms with E-state index in [2.05, 4.69) is 34.5 Å². The van der Waals surface area contributed by atoms with Crippen molar-refractivity contribution >= 4 is 29.2 Å². The Morgan fingerprint density at radius 2 is 2.16 bits per heavy atom. The average Bonchev–Trinajstić information content (AvgIpc) is 3.41. The standard InChI is InChI=1S/C22H27ClN6O2/c1-13(2)18-11-26-29-21(9-20(27-22(18)29)19-4-5-25-28-19)14-6-15(23)8-17(7-14)31-12-16(30)10-24-3/h4-9,11,13,16,18,22,24,30H,10,12H2,1-3H3,(H,25,28). The molecule has 2 aliphatic rings. The quantitative estimate of drug-likeness (QED) is 0.584. The Morgan fingerprint density at radius 1 is 1.32 bits per heavy atom. The minimum atomic E-state index is -0.612. The first-order valence-electron chi connectivity index (χ1n) is 10.4. The van der Waals surface area contributed by atoms with Gasteiger partial charge in [0.2, 0.25) is 0 Å². The van der Waals surface area contributed by atoms with Crippen molar-refractivity contribution in [1.29, 1.82) is 0 Å². The summed E-state index contributed by atoms with van der Waals surface area (Å²) in [6.45, 7) is 4.95. The van der Waals surface area contributed by atoms with E-state index in [9.17, 15) is 5.11 Å². The summed E-state index contributed by atoms with van der Waals surface area (Å²) in [5.41, 5.74) is 3.31. The van der Waals surface area contributed by atoms with Crippen molar-refractivity contribution in [2.24, 2.45) is 21.9 Å². The molecular weight excluding hydrogens is 416 g/mol. The van der Waals surface area contributed by atoms with E-state index in [0.717, 1.165) is 22.7 Å². The molecule has 0 spiro atoms. The molecule has 31 heavy (non-hydrogen) atoms. The van der Waals surface area contributed by atoms with E-state index in [1.165, 1.54) is 0 Å². The van der Waals surface area contributed by atoms with Crippen molar-refractivity contribution in [2.45, 2.75) is 26.1 Å². The van der Waals surface area contributed by atoms with Crippen LogP contribution in [-0.2, 0) is 0 Å². The van der Waals surface area contributed by atoms with Gasteiger partial charge in [-0.2, -0.15) is 10.2 Å². The highest BCUT2D eigenvalue weighted by Gasteiger charge is 2.38. The highest BCUT2D eigenvalue weighted by atomic mass is 35.5. The molecule has 0 fully saturated rings. The third kappa shape index (κ3) is 4.66. The van der Waals surface area contributed by atoms with Crippen molar-refractivity contribution < 1.29 is 9.84 Å². The molecule has 0 bridgehead atoms. The molecular formula is C22H27ClN6O2. The maximum Gasteiger partial charge on any atom is 0.150 e. The van der Waals surface area contributed by atoms with Gasteiger partial charge in [0.25, 0.3) is 0 Å². The lowest BCUT2D eigenvalue weighted by atomic mass is 9.93. The van der Waals surface area contributed by atoms with Gasteiger partial charge in [0.1, 0.15) is 24.2 Å². The predicted octanol–water partition coefficient (Wildman–Crippen LogP) is 2.77. The van der Waals surface area contributed by atoms with Gasteiger partial charge in [-0.15, -0.1) is 0 Å². The number of likely N-dealkylation sites (N-methyl/N-ethyl adjacent to an activating group) is 1. The van der Waals surface area contributed by atoms with Crippen LogP contribution >= 0.6 is 11.6 Å². The Labute approximate surface area is 186 Å². The molecule has 0 radical (unpaired) electrons. The second-order valence-corrected chi connectivity index (χ2v) is 8.48. The monoisotopic (exact) mass is 442 g/mol. The summed E-state index contributed by atoms with van der Waals surface area (Å²) < 4.78 is 5.80. The first kappa shape index (κ1) is 21.5. The number of allylic oxidation sites excluding steroid dienone is 1. The van der Waals surface area contributed by atoms with Crippen LogP contribution in [0.4, 0.5) is 0 Å². The molecule has 8 nitrogen and oxygen atoms in total. The highest BCUT2D eigenvalue weighted by Crippen LogP contribution is 2.37. The maximum absolute atomic E-state index is 9.96. The van der Waals surface area contributed by atoms with Crippen LogP contribution in [0.1, 0.15) is 25.1 Å². The lowest BCUT2D eigenvalue weighted by Crippen LogP contribution is -2.36.